The molecule has 0 bridgehead atoms. The van der Waals surface area contributed by atoms with E-state index in [9.17, 15) is 14.4 Å². The molecule has 4 aromatic rings. The maximum absolute atomic E-state index is 13.2. The Bertz CT molecular complexity index is 1400. The van der Waals surface area contributed by atoms with Gasteiger partial charge in [-0.25, -0.2) is 0 Å². The van der Waals surface area contributed by atoms with Gasteiger partial charge in [-0.3, -0.25) is 14.4 Å². The van der Waals surface area contributed by atoms with Crippen LogP contribution in [0.4, 0.5) is 0 Å². The van der Waals surface area contributed by atoms with E-state index < -0.39 is 0 Å². The van der Waals surface area contributed by atoms with Crippen molar-refractivity contribution in [1.82, 2.24) is 0 Å². The van der Waals surface area contributed by atoms with Crippen LogP contribution in [0.25, 0.3) is 20.2 Å². The SMILES string of the molecule is O=C1c2ccccc2C(=O)c2c1ccc1c(=O)c3c(Cl)ccc(Cl)c3sc21. The van der Waals surface area contributed by atoms with Gasteiger partial charge in [-0.1, -0.05) is 47.5 Å². The molecule has 1 aromatic heterocycles. The molecule has 0 radical (unpaired) electrons. The van der Waals surface area contributed by atoms with E-state index >= 15 is 0 Å². The van der Waals surface area contributed by atoms with E-state index in [1.807, 2.05) is 0 Å². The van der Waals surface area contributed by atoms with Crippen molar-refractivity contribution < 1.29 is 9.59 Å². The Labute approximate surface area is 166 Å². The molecule has 1 heterocycles. The average Bonchev–Trinajstić information content (AvgIpc) is 2.68. The van der Waals surface area contributed by atoms with Gasteiger partial charge in [0, 0.05) is 22.1 Å². The first-order valence-corrected chi connectivity index (χ1v) is 9.62. The second-order valence-electron chi connectivity index (χ2n) is 6.23. The maximum atomic E-state index is 13.2. The summed E-state index contributed by atoms with van der Waals surface area (Å²) in [5, 5.41) is 1.38. The molecule has 0 spiro atoms. The molecule has 3 aromatic carbocycles. The lowest BCUT2D eigenvalue weighted by atomic mass is 9.83. The van der Waals surface area contributed by atoms with Crippen LogP contribution in [0.2, 0.25) is 10.0 Å². The van der Waals surface area contributed by atoms with Crippen LogP contribution in [0, 0.1) is 0 Å². The smallest absolute Gasteiger partial charge is 0.197 e. The van der Waals surface area contributed by atoms with Gasteiger partial charge in [-0.2, -0.15) is 0 Å². The van der Waals surface area contributed by atoms with E-state index in [4.69, 9.17) is 23.2 Å². The van der Waals surface area contributed by atoms with E-state index in [0.29, 0.717) is 46.9 Å². The minimum Gasteiger partial charge on any atom is -0.289 e. The van der Waals surface area contributed by atoms with Crippen LogP contribution in [0.1, 0.15) is 31.8 Å². The summed E-state index contributed by atoms with van der Waals surface area (Å²) in [6, 6.07) is 13.0. The van der Waals surface area contributed by atoms with Crippen LogP contribution < -0.4 is 5.43 Å². The molecule has 1 aliphatic rings. The highest BCUT2D eigenvalue weighted by Crippen LogP contribution is 2.39. The zero-order valence-electron chi connectivity index (χ0n) is 13.5. The lowest BCUT2D eigenvalue weighted by molar-refractivity contribution is 0.0980. The molecule has 0 unspecified atom stereocenters. The number of hydrogen-bond acceptors (Lipinski definition) is 4. The van der Waals surface area contributed by atoms with E-state index in [2.05, 4.69) is 0 Å². The summed E-state index contributed by atoms with van der Waals surface area (Å²) in [5.41, 5.74) is 0.992. The predicted molar refractivity (Wildman–Crippen MR) is 109 cm³/mol. The van der Waals surface area contributed by atoms with Crippen LogP contribution in [-0.2, 0) is 0 Å². The van der Waals surface area contributed by atoms with Crippen LogP contribution in [0.15, 0.2) is 53.3 Å². The van der Waals surface area contributed by atoms with Gasteiger partial charge >= 0.3 is 0 Å². The van der Waals surface area contributed by atoms with Crippen LogP contribution in [-0.4, -0.2) is 11.6 Å². The van der Waals surface area contributed by atoms with Crippen molar-refractivity contribution in [3.63, 3.8) is 0 Å². The molecular weight excluding hydrogens is 403 g/mol. The summed E-state index contributed by atoms with van der Waals surface area (Å²) in [6.07, 6.45) is 0. The average molecular weight is 411 g/mol. The number of ketones is 2. The number of rotatable bonds is 0. The van der Waals surface area contributed by atoms with Gasteiger partial charge < -0.3 is 0 Å². The summed E-state index contributed by atoms with van der Waals surface area (Å²) in [4.78, 5) is 39.1. The van der Waals surface area contributed by atoms with Gasteiger partial charge in [-0.05, 0) is 24.3 Å². The van der Waals surface area contributed by atoms with Crippen molar-refractivity contribution in [3.8, 4) is 0 Å². The van der Waals surface area contributed by atoms with Crippen molar-refractivity contribution in [3.05, 3.63) is 91.1 Å². The van der Waals surface area contributed by atoms with Gasteiger partial charge in [0.05, 0.1) is 30.4 Å². The molecule has 0 atom stereocenters. The molecule has 0 N–H and O–H groups in total. The minimum absolute atomic E-state index is 0.223. The predicted octanol–water partition coefficient (Wildman–Crippen LogP) is 5.50. The molecule has 3 nitrogen and oxygen atoms in total. The monoisotopic (exact) mass is 410 g/mol. The molecule has 6 heteroatoms. The third-order valence-corrected chi connectivity index (χ3v) is 6.78. The Morgan fingerprint density at radius 2 is 1.33 bits per heavy atom. The molecule has 5 rings (SSSR count). The van der Waals surface area contributed by atoms with Crippen LogP contribution in [0.3, 0.4) is 0 Å². The first-order valence-electron chi connectivity index (χ1n) is 8.05. The van der Waals surface area contributed by atoms with E-state index in [1.54, 1.807) is 48.5 Å². The fourth-order valence-corrected chi connectivity index (χ4v) is 5.34. The zero-order valence-corrected chi connectivity index (χ0v) is 15.8. The van der Waals surface area contributed by atoms with Gasteiger partial charge in [-0.15, -0.1) is 11.3 Å². The van der Waals surface area contributed by atoms with Crippen molar-refractivity contribution in [2.45, 2.75) is 0 Å². The molecule has 0 aliphatic heterocycles. The summed E-state index contributed by atoms with van der Waals surface area (Å²) in [5.74, 6) is -0.488. The number of benzene rings is 3. The zero-order chi connectivity index (χ0) is 18.9. The lowest BCUT2D eigenvalue weighted by Crippen LogP contribution is -2.21. The Kier molecular flexibility index (Phi) is 3.53. The summed E-state index contributed by atoms with van der Waals surface area (Å²) in [7, 11) is 0. The summed E-state index contributed by atoms with van der Waals surface area (Å²) < 4.78 is 0.969. The Morgan fingerprint density at radius 1 is 0.667 bits per heavy atom. The fraction of sp³-hybridized carbons (Fsp3) is 0. The van der Waals surface area contributed by atoms with Crippen molar-refractivity contribution in [2.24, 2.45) is 0 Å². The largest absolute Gasteiger partial charge is 0.289 e. The highest BCUT2D eigenvalue weighted by atomic mass is 35.5. The first-order chi connectivity index (χ1) is 13.0. The summed E-state index contributed by atoms with van der Waals surface area (Å²) in [6.45, 7) is 0. The number of carbonyl (C=O) groups excluding carboxylic acids is 2. The standard InChI is InChI=1S/C21H8Cl2O3S/c22-13-7-8-14(23)21-16(13)19(26)12-6-5-11-15(20(12)27-21)18(25)10-4-2-1-3-9(10)17(11)24/h1-8H. The number of halogens is 2. The highest BCUT2D eigenvalue weighted by Gasteiger charge is 2.32. The normalized spacial score (nSPS) is 13.1. The molecule has 0 saturated heterocycles. The van der Waals surface area contributed by atoms with E-state index in [0.717, 1.165) is 0 Å². The topological polar surface area (TPSA) is 51.2 Å². The number of carbonyl (C=O) groups is 2. The quantitative estimate of drug-likeness (QED) is 0.317. The van der Waals surface area contributed by atoms with E-state index in [-0.39, 0.29) is 22.6 Å². The van der Waals surface area contributed by atoms with Gasteiger partial charge in [0.25, 0.3) is 0 Å². The Balaban J connectivity index is 1.98. The molecular formula is C21H8Cl2O3S. The van der Waals surface area contributed by atoms with Gasteiger partial charge in [0.15, 0.2) is 17.0 Å². The first kappa shape index (κ1) is 16.6. The maximum Gasteiger partial charge on any atom is 0.197 e. The third-order valence-electron chi connectivity index (χ3n) is 4.78. The number of fused-ring (bicyclic) bond motifs is 5. The second-order valence-corrected chi connectivity index (χ2v) is 8.07. The van der Waals surface area contributed by atoms with E-state index in [1.165, 1.54) is 11.3 Å². The number of hydrogen-bond donors (Lipinski definition) is 0. The molecule has 0 amide bonds. The van der Waals surface area contributed by atoms with Crippen LogP contribution >= 0.6 is 34.5 Å². The molecule has 130 valence electrons. The molecule has 27 heavy (non-hydrogen) atoms. The Hall–Kier alpha value is -2.53. The molecule has 0 fully saturated rings. The Morgan fingerprint density at radius 3 is 2.07 bits per heavy atom. The summed E-state index contributed by atoms with van der Waals surface area (Å²) >= 11 is 13.7. The van der Waals surface area contributed by atoms with Crippen molar-refractivity contribution >= 4 is 66.3 Å². The highest BCUT2D eigenvalue weighted by molar-refractivity contribution is 7.25. The van der Waals surface area contributed by atoms with Crippen LogP contribution in [0.5, 0.6) is 0 Å². The van der Waals surface area contributed by atoms with Gasteiger partial charge in [0.2, 0.25) is 0 Å². The van der Waals surface area contributed by atoms with Crippen molar-refractivity contribution in [2.75, 3.05) is 0 Å². The minimum atomic E-state index is -0.298. The van der Waals surface area contributed by atoms with Gasteiger partial charge in [0.1, 0.15) is 0 Å². The fourth-order valence-electron chi connectivity index (χ4n) is 3.52. The molecule has 0 saturated carbocycles. The second kappa shape index (κ2) is 5.73. The molecule has 1 aliphatic carbocycles. The van der Waals surface area contributed by atoms with Crippen molar-refractivity contribution in [1.29, 1.82) is 0 Å². The lowest BCUT2D eigenvalue weighted by Gasteiger charge is -2.18. The third kappa shape index (κ3) is 2.18.